The van der Waals surface area contributed by atoms with Crippen molar-refractivity contribution in [2.75, 3.05) is 30.3 Å². The van der Waals surface area contributed by atoms with Gasteiger partial charge >= 0.3 is 5.97 Å². The van der Waals surface area contributed by atoms with Gasteiger partial charge in [-0.05, 0) is 37.7 Å². The monoisotopic (exact) mass is 275 g/mol. The van der Waals surface area contributed by atoms with Crippen LogP contribution in [0.4, 0.5) is 11.5 Å². The molecule has 2 atom stereocenters. The summed E-state index contributed by atoms with van der Waals surface area (Å²) < 4.78 is 5.04. The molecule has 1 saturated heterocycles. The van der Waals surface area contributed by atoms with Crippen molar-refractivity contribution < 1.29 is 9.53 Å². The summed E-state index contributed by atoms with van der Waals surface area (Å²) in [6.07, 6.45) is 5.56. The maximum Gasteiger partial charge on any atom is 0.340 e. The lowest BCUT2D eigenvalue weighted by molar-refractivity contribution is 0.0527. The number of rotatable bonds is 3. The summed E-state index contributed by atoms with van der Waals surface area (Å²) in [7, 11) is 0. The van der Waals surface area contributed by atoms with Crippen molar-refractivity contribution in [2.45, 2.75) is 26.2 Å². The minimum absolute atomic E-state index is 0.351. The Bertz CT molecular complexity index is 506. The summed E-state index contributed by atoms with van der Waals surface area (Å²) >= 11 is 0. The summed E-state index contributed by atoms with van der Waals surface area (Å²) in [6, 6.07) is 1.77. The zero-order valence-electron chi connectivity index (χ0n) is 11.8. The van der Waals surface area contributed by atoms with Crippen LogP contribution in [0.15, 0.2) is 12.3 Å². The number of nitrogens with zero attached hydrogens (tertiary/aromatic N) is 2. The molecule has 108 valence electrons. The first-order valence-corrected chi connectivity index (χ1v) is 7.36. The third-order valence-electron chi connectivity index (χ3n) is 4.47. The van der Waals surface area contributed by atoms with Crippen molar-refractivity contribution in [2.24, 2.45) is 11.8 Å². The van der Waals surface area contributed by atoms with E-state index in [0.29, 0.717) is 17.9 Å². The summed E-state index contributed by atoms with van der Waals surface area (Å²) in [5, 5.41) is 0. The van der Waals surface area contributed by atoms with Crippen molar-refractivity contribution in [3.8, 4) is 0 Å². The summed E-state index contributed by atoms with van der Waals surface area (Å²) in [5.41, 5.74) is 6.64. The fraction of sp³-hybridized carbons (Fsp3) is 0.600. The molecule has 2 heterocycles. The maximum atomic E-state index is 11.9. The van der Waals surface area contributed by atoms with Gasteiger partial charge in [-0.2, -0.15) is 0 Å². The molecular formula is C15H21N3O2. The van der Waals surface area contributed by atoms with E-state index in [0.717, 1.165) is 30.7 Å². The molecule has 1 aliphatic carbocycles. The van der Waals surface area contributed by atoms with E-state index < -0.39 is 0 Å². The highest BCUT2D eigenvalue weighted by Crippen LogP contribution is 2.39. The highest BCUT2D eigenvalue weighted by Gasteiger charge is 2.36. The first-order valence-electron chi connectivity index (χ1n) is 7.36. The Morgan fingerprint density at radius 2 is 2.15 bits per heavy atom. The number of nitrogen functional groups attached to an aromatic ring is 1. The number of aromatic nitrogens is 1. The van der Waals surface area contributed by atoms with E-state index >= 15 is 0 Å². The Labute approximate surface area is 119 Å². The molecule has 0 bridgehead atoms. The van der Waals surface area contributed by atoms with Crippen LogP contribution in [0.3, 0.4) is 0 Å². The molecule has 1 aromatic rings. The SMILES string of the molecule is CCOC(=O)c1cc(N2CC3CCCC3C2)ncc1N. The quantitative estimate of drug-likeness (QED) is 0.855. The Balaban J connectivity index is 1.80. The van der Waals surface area contributed by atoms with E-state index in [-0.39, 0.29) is 5.97 Å². The fourth-order valence-electron chi connectivity index (χ4n) is 3.44. The molecule has 3 rings (SSSR count). The number of anilines is 2. The molecule has 2 fully saturated rings. The number of carbonyl (C=O) groups is 1. The van der Waals surface area contributed by atoms with Crippen LogP contribution in [0.25, 0.3) is 0 Å². The molecule has 0 amide bonds. The zero-order chi connectivity index (χ0) is 14.1. The third-order valence-corrected chi connectivity index (χ3v) is 4.47. The zero-order valence-corrected chi connectivity index (χ0v) is 11.8. The number of hydrogen-bond acceptors (Lipinski definition) is 5. The van der Waals surface area contributed by atoms with Crippen molar-refractivity contribution in [3.63, 3.8) is 0 Å². The smallest absolute Gasteiger partial charge is 0.340 e. The molecule has 1 aliphatic heterocycles. The topological polar surface area (TPSA) is 68.5 Å². The normalized spacial score (nSPS) is 24.8. The van der Waals surface area contributed by atoms with Crippen LogP contribution in [-0.2, 0) is 4.74 Å². The van der Waals surface area contributed by atoms with E-state index in [9.17, 15) is 4.79 Å². The van der Waals surface area contributed by atoms with Crippen LogP contribution >= 0.6 is 0 Å². The molecule has 20 heavy (non-hydrogen) atoms. The molecule has 0 aromatic carbocycles. The van der Waals surface area contributed by atoms with E-state index in [2.05, 4.69) is 9.88 Å². The van der Waals surface area contributed by atoms with Gasteiger partial charge in [0.2, 0.25) is 0 Å². The number of ether oxygens (including phenoxy) is 1. The van der Waals surface area contributed by atoms with Crippen LogP contribution in [0.1, 0.15) is 36.5 Å². The Morgan fingerprint density at radius 3 is 2.80 bits per heavy atom. The lowest BCUT2D eigenvalue weighted by Crippen LogP contribution is -2.22. The molecule has 2 N–H and O–H groups in total. The minimum atomic E-state index is -0.368. The minimum Gasteiger partial charge on any atom is -0.462 e. The molecule has 2 aliphatic rings. The van der Waals surface area contributed by atoms with Crippen molar-refractivity contribution in [1.82, 2.24) is 4.98 Å². The van der Waals surface area contributed by atoms with Gasteiger partial charge in [0.1, 0.15) is 5.82 Å². The third kappa shape index (κ3) is 2.32. The fourth-order valence-corrected chi connectivity index (χ4v) is 3.44. The highest BCUT2D eigenvalue weighted by atomic mass is 16.5. The number of carbonyl (C=O) groups excluding carboxylic acids is 1. The van der Waals surface area contributed by atoms with E-state index in [1.807, 2.05) is 0 Å². The van der Waals surface area contributed by atoms with Gasteiger partial charge in [0.15, 0.2) is 0 Å². The molecule has 0 radical (unpaired) electrons. The maximum absolute atomic E-state index is 11.9. The predicted octanol–water partition coefficient (Wildman–Crippen LogP) is 2.08. The number of nitrogens with two attached hydrogens (primary N) is 1. The van der Waals surface area contributed by atoms with Gasteiger partial charge in [0.25, 0.3) is 0 Å². The Kier molecular flexibility index (Phi) is 3.51. The predicted molar refractivity (Wildman–Crippen MR) is 77.6 cm³/mol. The van der Waals surface area contributed by atoms with Crippen molar-refractivity contribution in [3.05, 3.63) is 17.8 Å². The van der Waals surface area contributed by atoms with E-state index in [1.165, 1.54) is 19.3 Å². The largest absolute Gasteiger partial charge is 0.462 e. The van der Waals surface area contributed by atoms with E-state index in [4.69, 9.17) is 10.5 Å². The van der Waals surface area contributed by atoms with Crippen molar-refractivity contribution >= 4 is 17.5 Å². The van der Waals surface area contributed by atoms with Crippen LogP contribution in [0.2, 0.25) is 0 Å². The molecule has 1 saturated carbocycles. The molecule has 0 spiro atoms. The summed E-state index contributed by atoms with van der Waals surface area (Å²) in [6.45, 7) is 4.23. The molecule has 1 aromatic heterocycles. The van der Waals surface area contributed by atoms with Crippen molar-refractivity contribution in [1.29, 1.82) is 0 Å². The summed E-state index contributed by atoms with van der Waals surface area (Å²) in [5.74, 6) is 2.06. The highest BCUT2D eigenvalue weighted by molar-refractivity contribution is 5.95. The number of pyridine rings is 1. The van der Waals surface area contributed by atoms with Gasteiger partial charge in [-0.25, -0.2) is 9.78 Å². The van der Waals surface area contributed by atoms with Gasteiger partial charge in [-0.15, -0.1) is 0 Å². The van der Waals surface area contributed by atoms with Crippen LogP contribution in [0.5, 0.6) is 0 Å². The first-order chi connectivity index (χ1) is 9.69. The second-order valence-electron chi connectivity index (χ2n) is 5.71. The number of hydrogen-bond donors (Lipinski definition) is 1. The van der Waals surface area contributed by atoms with Crippen LogP contribution < -0.4 is 10.6 Å². The second-order valence-corrected chi connectivity index (χ2v) is 5.71. The van der Waals surface area contributed by atoms with Gasteiger partial charge < -0.3 is 15.4 Å². The molecular weight excluding hydrogens is 254 g/mol. The van der Waals surface area contributed by atoms with Crippen LogP contribution in [0, 0.1) is 11.8 Å². The number of esters is 1. The van der Waals surface area contributed by atoms with E-state index in [1.54, 1.807) is 19.2 Å². The second kappa shape index (κ2) is 5.31. The average molecular weight is 275 g/mol. The average Bonchev–Trinajstić information content (AvgIpc) is 3.00. The van der Waals surface area contributed by atoms with Gasteiger partial charge in [-0.1, -0.05) is 6.42 Å². The first kappa shape index (κ1) is 13.2. The number of fused-ring (bicyclic) bond motifs is 1. The Hall–Kier alpha value is -1.78. The van der Waals surface area contributed by atoms with Crippen LogP contribution in [-0.4, -0.2) is 30.6 Å². The Morgan fingerprint density at radius 1 is 1.45 bits per heavy atom. The van der Waals surface area contributed by atoms with Gasteiger partial charge in [-0.3, -0.25) is 0 Å². The van der Waals surface area contributed by atoms with Gasteiger partial charge in [0, 0.05) is 13.1 Å². The standard InChI is InChI=1S/C15H21N3O2/c1-2-20-15(19)12-6-14(17-7-13(12)16)18-8-10-4-3-5-11(10)9-18/h6-7,10-11H,2-5,8-9,16H2,1H3. The molecule has 5 nitrogen and oxygen atoms in total. The molecule has 2 unspecified atom stereocenters. The molecule has 5 heteroatoms. The lowest BCUT2D eigenvalue weighted by Gasteiger charge is -2.19. The lowest BCUT2D eigenvalue weighted by atomic mass is 10.0. The summed E-state index contributed by atoms with van der Waals surface area (Å²) in [4.78, 5) is 18.5. The van der Waals surface area contributed by atoms with Gasteiger partial charge in [0.05, 0.1) is 24.1 Å².